The van der Waals surface area contributed by atoms with Crippen LogP contribution in [-0.4, -0.2) is 57.1 Å². The third-order valence-corrected chi connectivity index (χ3v) is 5.79. The summed E-state index contributed by atoms with van der Waals surface area (Å²) in [5, 5.41) is 5.97. The number of rotatable bonds is 10. The third-order valence-electron chi connectivity index (χ3n) is 5.79. The van der Waals surface area contributed by atoms with Gasteiger partial charge in [-0.1, -0.05) is 30.3 Å². The molecule has 0 saturated carbocycles. The number of amides is 2. The fraction of sp³-hybridized carbons (Fsp3) is 0.440. The van der Waals surface area contributed by atoms with Gasteiger partial charge in [0.25, 0.3) is 0 Å². The van der Waals surface area contributed by atoms with E-state index in [9.17, 15) is 9.59 Å². The quantitative estimate of drug-likeness (QED) is 0.556. The van der Waals surface area contributed by atoms with Gasteiger partial charge in [-0.15, -0.1) is 0 Å². The smallest absolute Gasteiger partial charge is 0.238 e. The van der Waals surface area contributed by atoms with Crippen molar-refractivity contribution < 1.29 is 19.1 Å². The highest BCUT2D eigenvalue weighted by molar-refractivity contribution is 5.93. The Kier molecular flexibility index (Phi) is 8.92. The highest BCUT2D eigenvalue weighted by Gasteiger charge is 2.25. The van der Waals surface area contributed by atoms with Gasteiger partial charge in [0.05, 0.1) is 26.5 Å². The summed E-state index contributed by atoms with van der Waals surface area (Å²) < 4.78 is 10.5. The Bertz CT molecular complexity index is 880. The standard InChI is InChI=1S/C25H33N3O4/c1-31-21-10-11-22(23(17-21)32-2)27-24(29)18-28-15-12-20(13-16-28)25(30)26-14-6-9-19-7-4-3-5-8-19/h3-5,7-8,10-11,17,20H,6,9,12-16,18H2,1-2H3,(H,26,30)(H,27,29). The van der Waals surface area contributed by atoms with E-state index in [4.69, 9.17) is 9.47 Å². The topological polar surface area (TPSA) is 79.9 Å². The first-order valence-electron chi connectivity index (χ1n) is 11.1. The number of anilines is 1. The Hall–Kier alpha value is -3.06. The van der Waals surface area contributed by atoms with Gasteiger partial charge in [0.1, 0.15) is 11.5 Å². The molecule has 0 bridgehead atoms. The third kappa shape index (κ3) is 6.99. The zero-order valence-electron chi connectivity index (χ0n) is 18.9. The molecule has 0 aromatic heterocycles. The molecule has 0 unspecified atom stereocenters. The fourth-order valence-electron chi connectivity index (χ4n) is 3.94. The second-order valence-electron chi connectivity index (χ2n) is 8.04. The van der Waals surface area contributed by atoms with Gasteiger partial charge in [-0.3, -0.25) is 14.5 Å². The van der Waals surface area contributed by atoms with Crippen LogP contribution in [0.2, 0.25) is 0 Å². The summed E-state index contributed by atoms with van der Waals surface area (Å²) >= 11 is 0. The zero-order valence-corrected chi connectivity index (χ0v) is 18.9. The number of piperidine rings is 1. The van der Waals surface area contributed by atoms with E-state index in [0.717, 1.165) is 38.8 Å². The van der Waals surface area contributed by atoms with Crippen molar-refractivity contribution in [3.63, 3.8) is 0 Å². The van der Waals surface area contributed by atoms with E-state index in [1.165, 1.54) is 5.56 Å². The van der Waals surface area contributed by atoms with Crippen molar-refractivity contribution in [2.75, 3.05) is 45.7 Å². The highest BCUT2D eigenvalue weighted by atomic mass is 16.5. The maximum Gasteiger partial charge on any atom is 0.238 e. The SMILES string of the molecule is COc1ccc(NC(=O)CN2CCC(C(=O)NCCCc3ccccc3)CC2)c(OC)c1. The van der Waals surface area contributed by atoms with Crippen molar-refractivity contribution in [1.82, 2.24) is 10.2 Å². The van der Waals surface area contributed by atoms with Crippen molar-refractivity contribution in [1.29, 1.82) is 0 Å². The van der Waals surface area contributed by atoms with Gasteiger partial charge < -0.3 is 20.1 Å². The molecule has 1 fully saturated rings. The predicted molar refractivity (Wildman–Crippen MR) is 125 cm³/mol. The van der Waals surface area contributed by atoms with Gasteiger partial charge in [-0.25, -0.2) is 0 Å². The number of benzene rings is 2. The van der Waals surface area contributed by atoms with E-state index in [2.05, 4.69) is 27.7 Å². The molecule has 172 valence electrons. The van der Waals surface area contributed by atoms with Gasteiger partial charge in [-0.05, 0) is 56.5 Å². The van der Waals surface area contributed by atoms with Gasteiger partial charge in [0.2, 0.25) is 11.8 Å². The van der Waals surface area contributed by atoms with Crippen molar-refractivity contribution in [3.05, 3.63) is 54.1 Å². The van der Waals surface area contributed by atoms with E-state index in [1.807, 2.05) is 18.2 Å². The molecular formula is C25H33N3O4. The molecular weight excluding hydrogens is 406 g/mol. The van der Waals surface area contributed by atoms with Crippen molar-refractivity contribution in [2.24, 2.45) is 5.92 Å². The summed E-state index contributed by atoms with van der Waals surface area (Å²) in [7, 11) is 3.14. The maximum absolute atomic E-state index is 12.5. The Morgan fingerprint density at radius 2 is 1.78 bits per heavy atom. The molecule has 2 amide bonds. The molecule has 1 saturated heterocycles. The molecule has 0 spiro atoms. The Balaban J connectivity index is 1.36. The second-order valence-corrected chi connectivity index (χ2v) is 8.04. The molecule has 1 heterocycles. The van der Waals surface area contributed by atoms with Crippen LogP contribution >= 0.6 is 0 Å². The van der Waals surface area contributed by atoms with Crippen LogP contribution in [0.3, 0.4) is 0 Å². The number of carbonyl (C=O) groups excluding carboxylic acids is 2. The number of nitrogens with zero attached hydrogens (tertiary/aromatic N) is 1. The van der Waals surface area contributed by atoms with Crippen LogP contribution in [0.4, 0.5) is 5.69 Å². The van der Waals surface area contributed by atoms with E-state index in [0.29, 0.717) is 30.3 Å². The van der Waals surface area contributed by atoms with Gasteiger partial charge >= 0.3 is 0 Å². The summed E-state index contributed by atoms with van der Waals surface area (Å²) in [6.45, 7) is 2.45. The minimum Gasteiger partial charge on any atom is -0.497 e. The molecule has 2 aromatic rings. The lowest BCUT2D eigenvalue weighted by molar-refractivity contribution is -0.126. The number of hydrogen-bond acceptors (Lipinski definition) is 5. The molecule has 2 aromatic carbocycles. The van der Waals surface area contributed by atoms with Crippen LogP contribution in [0.1, 0.15) is 24.8 Å². The lowest BCUT2D eigenvalue weighted by Gasteiger charge is -2.30. The predicted octanol–water partition coefficient (Wildman–Crippen LogP) is 3.10. The first kappa shape index (κ1) is 23.6. The average molecular weight is 440 g/mol. The Morgan fingerprint density at radius 3 is 2.47 bits per heavy atom. The number of aryl methyl sites for hydroxylation is 1. The maximum atomic E-state index is 12.5. The summed E-state index contributed by atoms with van der Waals surface area (Å²) in [5.41, 5.74) is 1.91. The molecule has 7 nitrogen and oxygen atoms in total. The molecule has 0 radical (unpaired) electrons. The first-order valence-corrected chi connectivity index (χ1v) is 11.1. The molecule has 1 aliphatic heterocycles. The van der Waals surface area contributed by atoms with Crippen LogP contribution in [0.5, 0.6) is 11.5 Å². The average Bonchev–Trinajstić information content (AvgIpc) is 2.83. The first-order chi connectivity index (χ1) is 15.6. The Labute approximate surface area is 190 Å². The largest absolute Gasteiger partial charge is 0.497 e. The normalized spacial score (nSPS) is 14.6. The summed E-state index contributed by atoms with van der Waals surface area (Å²) in [5.74, 6) is 1.27. The molecule has 2 N–H and O–H groups in total. The van der Waals surface area contributed by atoms with E-state index < -0.39 is 0 Å². The summed E-state index contributed by atoms with van der Waals surface area (Å²) in [6, 6.07) is 15.6. The minimum atomic E-state index is -0.0997. The lowest BCUT2D eigenvalue weighted by atomic mass is 9.96. The van der Waals surface area contributed by atoms with Gasteiger partial charge in [0, 0.05) is 18.5 Å². The number of nitrogens with one attached hydrogen (secondary N) is 2. The monoisotopic (exact) mass is 439 g/mol. The number of methoxy groups -OCH3 is 2. The zero-order chi connectivity index (χ0) is 22.8. The van der Waals surface area contributed by atoms with Gasteiger partial charge in [0.15, 0.2) is 0 Å². The summed E-state index contributed by atoms with van der Waals surface area (Å²) in [4.78, 5) is 27.0. The number of hydrogen-bond donors (Lipinski definition) is 2. The molecule has 32 heavy (non-hydrogen) atoms. The lowest BCUT2D eigenvalue weighted by Crippen LogP contribution is -2.43. The molecule has 1 aliphatic rings. The van der Waals surface area contributed by atoms with Crippen LogP contribution in [0.15, 0.2) is 48.5 Å². The number of ether oxygens (including phenoxy) is 2. The number of carbonyl (C=O) groups is 2. The minimum absolute atomic E-state index is 0.0210. The van der Waals surface area contributed by atoms with Crippen LogP contribution in [0, 0.1) is 5.92 Å². The second kappa shape index (κ2) is 12.1. The van der Waals surface area contributed by atoms with Crippen LogP contribution in [0.25, 0.3) is 0 Å². The number of likely N-dealkylation sites (tertiary alicyclic amines) is 1. The Morgan fingerprint density at radius 1 is 1.03 bits per heavy atom. The molecule has 0 aliphatic carbocycles. The van der Waals surface area contributed by atoms with Crippen LogP contribution < -0.4 is 20.1 Å². The highest BCUT2D eigenvalue weighted by Crippen LogP contribution is 2.29. The molecule has 0 atom stereocenters. The fourth-order valence-corrected chi connectivity index (χ4v) is 3.94. The van der Waals surface area contributed by atoms with E-state index in [1.54, 1.807) is 32.4 Å². The van der Waals surface area contributed by atoms with Crippen molar-refractivity contribution >= 4 is 17.5 Å². The van der Waals surface area contributed by atoms with E-state index in [-0.39, 0.29) is 17.7 Å². The molecule has 3 rings (SSSR count). The molecule has 7 heteroatoms. The van der Waals surface area contributed by atoms with E-state index >= 15 is 0 Å². The van der Waals surface area contributed by atoms with Gasteiger partial charge in [-0.2, -0.15) is 0 Å². The van der Waals surface area contributed by atoms with Crippen molar-refractivity contribution in [3.8, 4) is 11.5 Å². The summed E-state index contributed by atoms with van der Waals surface area (Å²) in [6.07, 6.45) is 3.44. The van der Waals surface area contributed by atoms with Crippen LogP contribution in [-0.2, 0) is 16.0 Å². The van der Waals surface area contributed by atoms with Crippen molar-refractivity contribution in [2.45, 2.75) is 25.7 Å².